The van der Waals surface area contributed by atoms with Crippen molar-refractivity contribution < 1.29 is 8.42 Å². The molecule has 1 N–H and O–H groups in total. The zero-order valence-corrected chi connectivity index (χ0v) is 10.4. The first kappa shape index (κ1) is 13.2. The van der Waals surface area contributed by atoms with Crippen molar-refractivity contribution in [1.29, 1.82) is 0 Å². The van der Waals surface area contributed by atoms with E-state index in [9.17, 15) is 8.42 Å². The van der Waals surface area contributed by atoms with Crippen molar-refractivity contribution >= 4 is 21.6 Å². The lowest BCUT2D eigenvalue weighted by Crippen LogP contribution is -2.24. The smallest absolute Gasteiger partial charge is 0.243 e. The molecule has 0 saturated heterocycles. The molecule has 6 heteroatoms. The van der Waals surface area contributed by atoms with Crippen LogP contribution < -0.4 is 4.72 Å². The maximum absolute atomic E-state index is 11.8. The van der Waals surface area contributed by atoms with E-state index in [0.717, 1.165) is 0 Å². The summed E-state index contributed by atoms with van der Waals surface area (Å²) in [5.41, 5.74) is 0. The molecule has 0 spiro atoms. The Hall–Kier alpha value is -0.910. The van der Waals surface area contributed by atoms with Crippen LogP contribution >= 0.6 is 11.6 Å². The highest BCUT2D eigenvalue weighted by molar-refractivity contribution is 7.89. The normalized spacial score (nSPS) is 12.1. The van der Waals surface area contributed by atoms with Gasteiger partial charge in [0.05, 0.1) is 5.02 Å². The largest absolute Gasteiger partial charge is 0.263 e. The van der Waals surface area contributed by atoms with Crippen molar-refractivity contribution in [3.05, 3.63) is 35.6 Å². The fourth-order valence-electron chi connectivity index (χ4n) is 1.08. The molecule has 0 amide bonds. The summed E-state index contributed by atoms with van der Waals surface area (Å²) in [6.07, 6.45) is 7.08. The molecule has 1 aromatic heterocycles. The van der Waals surface area contributed by atoms with Crippen LogP contribution in [0.1, 0.15) is 13.3 Å². The van der Waals surface area contributed by atoms with Crippen LogP contribution in [0.2, 0.25) is 5.02 Å². The van der Waals surface area contributed by atoms with Crippen molar-refractivity contribution in [3.63, 3.8) is 0 Å². The molecular weight excluding hydrogens is 248 g/mol. The number of hydrogen-bond acceptors (Lipinski definition) is 3. The fraction of sp³-hybridized carbons (Fsp3) is 0.300. The zero-order chi connectivity index (χ0) is 12.0. The average Bonchev–Trinajstić information content (AvgIpc) is 2.25. The molecule has 0 fully saturated rings. The van der Waals surface area contributed by atoms with Gasteiger partial charge in [-0.25, -0.2) is 13.1 Å². The molecule has 0 aliphatic carbocycles. The van der Waals surface area contributed by atoms with Gasteiger partial charge in [0.1, 0.15) is 4.90 Å². The topological polar surface area (TPSA) is 59.1 Å². The van der Waals surface area contributed by atoms with Gasteiger partial charge in [-0.3, -0.25) is 4.98 Å². The summed E-state index contributed by atoms with van der Waals surface area (Å²) in [4.78, 5) is 3.75. The predicted octanol–water partition coefficient (Wildman–Crippen LogP) is 1.98. The summed E-state index contributed by atoms with van der Waals surface area (Å²) in [6, 6.07) is 1.45. The highest BCUT2D eigenvalue weighted by Gasteiger charge is 2.16. The first-order chi connectivity index (χ1) is 7.58. The molecule has 0 atom stereocenters. The average molecular weight is 261 g/mol. The third kappa shape index (κ3) is 3.59. The second kappa shape index (κ2) is 5.98. The van der Waals surface area contributed by atoms with Crippen molar-refractivity contribution in [3.8, 4) is 0 Å². The lowest BCUT2D eigenvalue weighted by Gasteiger charge is -2.06. The SMILES string of the molecule is C/C=C/CCNS(=O)(=O)c1cnccc1Cl. The fourth-order valence-corrected chi connectivity index (χ4v) is 2.56. The maximum atomic E-state index is 11.8. The number of nitrogens with zero attached hydrogens (tertiary/aromatic N) is 1. The molecule has 0 radical (unpaired) electrons. The predicted molar refractivity (Wildman–Crippen MR) is 63.9 cm³/mol. The van der Waals surface area contributed by atoms with E-state index in [1.165, 1.54) is 18.5 Å². The van der Waals surface area contributed by atoms with Gasteiger partial charge in [0, 0.05) is 18.9 Å². The molecule has 0 aliphatic heterocycles. The number of rotatable bonds is 5. The Morgan fingerprint density at radius 1 is 1.56 bits per heavy atom. The molecule has 0 bridgehead atoms. The minimum atomic E-state index is -3.55. The Bertz CT molecular complexity index is 471. The number of nitrogens with one attached hydrogen (secondary N) is 1. The van der Waals surface area contributed by atoms with E-state index in [0.29, 0.717) is 13.0 Å². The van der Waals surface area contributed by atoms with Crippen LogP contribution in [-0.4, -0.2) is 19.9 Å². The second-order valence-electron chi connectivity index (χ2n) is 3.06. The van der Waals surface area contributed by atoms with Crippen molar-refractivity contribution in [1.82, 2.24) is 9.71 Å². The first-order valence-electron chi connectivity index (χ1n) is 4.78. The third-order valence-corrected chi connectivity index (χ3v) is 3.79. The third-order valence-electron chi connectivity index (χ3n) is 1.86. The van der Waals surface area contributed by atoms with E-state index in [1.807, 2.05) is 19.1 Å². The maximum Gasteiger partial charge on any atom is 0.243 e. The van der Waals surface area contributed by atoms with Gasteiger partial charge >= 0.3 is 0 Å². The van der Waals surface area contributed by atoms with Crippen LogP contribution in [-0.2, 0) is 10.0 Å². The monoisotopic (exact) mass is 260 g/mol. The molecule has 1 aromatic rings. The zero-order valence-electron chi connectivity index (χ0n) is 8.85. The van der Waals surface area contributed by atoms with Crippen LogP contribution in [0.15, 0.2) is 35.5 Å². The van der Waals surface area contributed by atoms with Gasteiger partial charge in [0.25, 0.3) is 0 Å². The standard InChI is InChI=1S/C10H13ClN2O2S/c1-2-3-4-6-13-16(14,15)10-8-12-7-5-9(10)11/h2-3,5,7-8,13H,4,6H2,1H3/b3-2+. The van der Waals surface area contributed by atoms with Crippen LogP contribution in [0.3, 0.4) is 0 Å². The van der Waals surface area contributed by atoms with Gasteiger partial charge in [-0.05, 0) is 19.4 Å². The van der Waals surface area contributed by atoms with Gasteiger partial charge in [-0.2, -0.15) is 0 Å². The van der Waals surface area contributed by atoms with Gasteiger partial charge in [-0.15, -0.1) is 0 Å². The lowest BCUT2D eigenvalue weighted by molar-refractivity contribution is 0.581. The van der Waals surface area contributed by atoms with Gasteiger partial charge in [0.2, 0.25) is 10.0 Å². The highest BCUT2D eigenvalue weighted by Crippen LogP contribution is 2.18. The van der Waals surface area contributed by atoms with E-state index < -0.39 is 10.0 Å². The summed E-state index contributed by atoms with van der Waals surface area (Å²) < 4.78 is 26.0. The summed E-state index contributed by atoms with van der Waals surface area (Å²) in [6.45, 7) is 2.23. The minimum Gasteiger partial charge on any atom is -0.263 e. The minimum absolute atomic E-state index is 0.0112. The van der Waals surface area contributed by atoms with Crippen LogP contribution in [0.4, 0.5) is 0 Å². The van der Waals surface area contributed by atoms with Gasteiger partial charge in [0.15, 0.2) is 0 Å². The summed E-state index contributed by atoms with van der Waals surface area (Å²) in [7, 11) is -3.55. The highest BCUT2D eigenvalue weighted by atomic mass is 35.5. The van der Waals surface area contributed by atoms with E-state index in [1.54, 1.807) is 0 Å². The van der Waals surface area contributed by atoms with E-state index in [-0.39, 0.29) is 9.92 Å². The van der Waals surface area contributed by atoms with Crippen molar-refractivity contribution in [2.24, 2.45) is 0 Å². The molecule has 1 rings (SSSR count). The number of sulfonamides is 1. The van der Waals surface area contributed by atoms with E-state index in [2.05, 4.69) is 9.71 Å². The van der Waals surface area contributed by atoms with Crippen molar-refractivity contribution in [2.45, 2.75) is 18.2 Å². The number of hydrogen-bond donors (Lipinski definition) is 1. The number of allylic oxidation sites excluding steroid dienone is 1. The van der Waals surface area contributed by atoms with Crippen LogP contribution in [0.25, 0.3) is 0 Å². The first-order valence-corrected chi connectivity index (χ1v) is 6.64. The Morgan fingerprint density at radius 2 is 2.31 bits per heavy atom. The molecule has 1 heterocycles. The molecule has 0 unspecified atom stereocenters. The van der Waals surface area contributed by atoms with Crippen LogP contribution in [0, 0.1) is 0 Å². The second-order valence-corrected chi connectivity index (χ2v) is 5.20. The van der Waals surface area contributed by atoms with Crippen molar-refractivity contribution in [2.75, 3.05) is 6.54 Å². The van der Waals surface area contributed by atoms with Crippen LogP contribution in [0.5, 0.6) is 0 Å². The molecule has 0 aliphatic rings. The van der Waals surface area contributed by atoms with E-state index in [4.69, 9.17) is 11.6 Å². The summed E-state index contributed by atoms with van der Waals surface area (Å²) in [5, 5.41) is 0.175. The molecular formula is C10H13ClN2O2S. The van der Waals surface area contributed by atoms with Gasteiger partial charge < -0.3 is 0 Å². The number of halogens is 1. The molecule has 0 saturated carbocycles. The molecule has 16 heavy (non-hydrogen) atoms. The number of pyridine rings is 1. The van der Waals surface area contributed by atoms with E-state index >= 15 is 0 Å². The molecule has 88 valence electrons. The number of aromatic nitrogens is 1. The molecule has 0 aromatic carbocycles. The quantitative estimate of drug-likeness (QED) is 0.651. The summed E-state index contributed by atoms with van der Waals surface area (Å²) >= 11 is 5.78. The lowest BCUT2D eigenvalue weighted by atomic mass is 10.4. The Morgan fingerprint density at radius 3 is 2.94 bits per heavy atom. The Kier molecular flexibility index (Phi) is 4.92. The molecule has 4 nitrogen and oxygen atoms in total. The Balaban J connectivity index is 2.75. The Labute approximate surface area is 100 Å². The van der Waals surface area contributed by atoms with Gasteiger partial charge in [-0.1, -0.05) is 23.8 Å². The summed E-state index contributed by atoms with van der Waals surface area (Å²) in [5.74, 6) is 0.